The molecule has 4 rings (SSSR count). The van der Waals surface area contributed by atoms with E-state index in [2.05, 4.69) is 44.5 Å². The van der Waals surface area contributed by atoms with Crippen LogP contribution in [-0.2, 0) is 6.42 Å². The maximum atomic E-state index is 5.31. The van der Waals surface area contributed by atoms with Crippen molar-refractivity contribution in [1.82, 2.24) is 15.0 Å². The van der Waals surface area contributed by atoms with Crippen molar-refractivity contribution in [2.75, 3.05) is 19.0 Å². The van der Waals surface area contributed by atoms with Crippen molar-refractivity contribution in [1.29, 1.82) is 0 Å². The second kappa shape index (κ2) is 6.20. The highest BCUT2D eigenvalue weighted by Gasteiger charge is 2.11. The molecule has 0 aliphatic heterocycles. The fourth-order valence-corrected chi connectivity index (χ4v) is 2.90. The van der Waals surface area contributed by atoms with Gasteiger partial charge in [-0.15, -0.1) is 0 Å². The Morgan fingerprint density at radius 3 is 2.79 bits per heavy atom. The Bertz CT molecular complexity index is 979. The molecular formula is C19H18N4O. The molecule has 4 aromatic rings. The predicted octanol–water partition coefficient (Wildman–Crippen LogP) is 3.77. The molecule has 24 heavy (non-hydrogen) atoms. The Morgan fingerprint density at radius 1 is 1.08 bits per heavy atom. The van der Waals surface area contributed by atoms with Crippen molar-refractivity contribution in [3.63, 3.8) is 0 Å². The van der Waals surface area contributed by atoms with Gasteiger partial charge in [0, 0.05) is 17.4 Å². The Morgan fingerprint density at radius 2 is 1.96 bits per heavy atom. The lowest BCUT2D eigenvalue weighted by Crippen LogP contribution is -2.06. The van der Waals surface area contributed by atoms with Gasteiger partial charge in [0.15, 0.2) is 5.82 Å². The van der Waals surface area contributed by atoms with Gasteiger partial charge in [-0.1, -0.05) is 30.3 Å². The van der Waals surface area contributed by atoms with Gasteiger partial charge in [0.05, 0.1) is 7.11 Å². The lowest BCUT2D eigenvalue weighted by molar-refractivity contribution is 0.415. The first-order chi connectivity index (χ1) is 11.8. The topological polar surface area (TPSA) is 62.8 Å². The lowest BCUT2D eigenvalue weighted by atomic mass is 10.1. The molecule has 0 saturated carbocycles. The number of methoxy groups -OCH3 is 1. The second-order valence-corrected chi connectivity index (χ2v) is 5.64. The summed E-state index contributed by atoms with van der Waals surface area (Å²) in [6, 6.07) is 16.3. The summed E-state index contributed by atoms with van der Waals surface area (Å²) < 4.78 is 5.31. The zero-order valence-corrected chi connectivity index (χ0v) is 13.4. The van der Waals surface area contributed by atoms with Gasteiger partial charge in [0.25, 0.3) is 0 Å². The Hall–Kier alpha value is -3.08. The van der Waals surface area contributed by atoms with Gasteiger partial charge < -0.3 is 15.0 Å². The number of anilines is 1. The SMILES string of the molecule is COc1ccc2[nH]c3c(NCCc4ccccc4)ncnc3c2c1. The van der Waals surface area contributed by atoms with Crippen LogP contribution in [0.15, 0.2) is 54.9 Å². The molecule has 0 atom stereocenters. The first kappa shape index (κ1) is 14.5. The second-order valence-electron chi connectivity index (χ2n) is 5.64. The van der Waals surface area contributed by atoms with E-state index in [9.17, 15) is 0 Å². The van der Waals surface area contributed by atoms with Crippen LogP contribution < -0.4 is 10.1 Å². The molecule has 5 heteroatoms. The van der Waals surface area contributed by atoms with Crippen molar-refractivity contribution < 1.29 is 4.74 Å². The van der Waals surface area contributed by atoms with E-state index in [1.54, 1.807) is 13.4 Å². The van der Waals surface area contributed by atoms with E-state index < -0.39 is 0 Å². The number of hydrogen-bond acceptors (Lipinski definition) is 4. The van der Waals surface area contributed by atoms with Crippen LogP contribution >= 0.6 is 0 Å². The van der Waals surface area contributed by atoms with Crippen LogP contribution in [0.25, 0.3) is 21.9 Å². The molecule has 0 aliphatic rings. The van der Waals surface area contributed by atoms with Gasteiger partial charge in [0.1, 0.15) is 23.1 Å². The molecule has 0 spiro atoms. The number of nitrogens with one attached hydrogen (secondary N) is 2. The molecule has 0 aliphatic carbocycles. The molecule has 0 fully saturated rings. The Kier molecular flexibility index (Phi) is 3.75. The summed E-state index contributed by atoms with van der Waals surface area (Å²) in [5.74, 6) is 1.65. The molecule has 2 heterocycles. The molecule has 5 nitrogen and oxygen atoms in total. The number of H-pyrrole nitrogens is 1. The van der Waals surface area contributed by atoms with Gasteiger partial charge in [-0.2, -0.15) is 0 Å². The standard InChI is InChI=1S/C19H18N4O/c1-24-14-7-8-16-15(11-14)17-18(23-16)19(22-12-21-17)20-10-9-13-5-3-2-4-6-13/h2-8,11-12,23H,9-10H2,1H3,(H,20,21,22). The maximum absolute atomic E-state index is 5.31. The van der Waals surface area contributed by atoms with E-state index in [0.717, 1.165) is 46.5 Å². The van der Waals surface area contributed by atoms with Gasteiger partial charge in [-0.25, -0.2) is 9.97 Å². The number of hydrogen-bond donors (Lipinski definition) is 2. The smallest absolute Gasteiger partial charge is 0.153 e. The zero-order valence-electron chi connectivity index (χ0n) is 13.4. The van der Waals surface area contributed by atoms with Gasteiger partial charge in [0.2, 0.25) is 0 Å². The van der Waals surface area contributed by atoms with E-state index >= 15 is 0 Å². The van der Waals surface area contributed by atoms with Crippen LogP contribution in [0, 0.1) is 0 Å². The fraction of sp³-hybridized carbons (Fsp3) is 0.158. The average molecular weight is 318 g/mol. The Balaban J connectivity index is 1.63. The molecule has 2 N–H and O–H groups in total. The molecule has 2 aromatic heterocycles. The summed E-state index contributed by atoms with van der Waals surface area (Å²) in [5.41, 5.74) is 4.16. The number of benzene rings is 2. The van der Waals surface area contributed by atoms with E-state index in [1.165, 1.54) is 5.56 Å². The van der Waals surface area contributed by atoms with Gasteiger partial charge in [-0.05, 0) is 30.2 Å². The summed E-state index contributed by atoms with van der Waals surface area (Å²) >= 11 is 0. The number of nitrogens with zero attached hydrogens (tertiary/aromatic N) is 2. The van der Waals surface area contributed by atoms with Crippen molar-refractivity contribution in [2.24, 2.45) is 0 Å². The van der Waals surface area contributed by atoms with Crippen LogP contribution in [0.2, 0.25) is 0 Å². The first-order valence-corrected chi connectivity index (χ1v) is 7.93. The van der Waals surface area contributed by atoms with Crippen molar-refractivity contribution in [3.05, 3.63) is 60.4 Å². The van der Waals surface area contributed by atoms with Gasteiger partial charge in [-0.3, -0.25) is 0 Å². The molecule has 2 aromatic carbocycles. The Labute approximate surface area is 139 Å². The average Bonchev–Trinajstić information content (AvgIpc) is 3.01. The van der Waals surface area contributed by atoms with Crippen molar-refractivity contribution in [3.8, 4) is 5.75 Å². The van der Waals surface area contributed by atoms with Crippen LogP contribution in [-0.4, -0.2) is 28.6 Å². The maximum Gasteiger partial charge on any atom is 0.153 e. The highest BCUT2D eigenvalue weighted by Crippen LogP contribution is 2.29. The number of aromatic amines is 1. The minimum Gasteiger partial charge on any atom is -0.497 e. The summed E-state index contributed by atoms with van der Waals surface area (Å²) in [6.07, 6.45) is 2.54. The highest BCUT2D eigenvalue weighted by atomic mass is 16.5. The number of fused-ring (bicyclic) bond motifs is 3. The van der Waals surface area contributed by atoms with Crippen molar-refractivity contribution >= 4 is 27.8 Å². The van der Waals surface area contributed by atoms with E-state index in [4.69, 9.17) is 4.74 Å². The van der Waals surface area contributed by atoms with Crippen molar-refractivity contribution in [2.45, 2.75) is 6.42 Å². The fourth-order valence-electron chi connectivity index (χ4n) is 2.90. The molecule has 0 radical (unpaired) electrons. The third-order valence-electron chi connectivity index (χ3n) is 4.14. The van der Waals surface area contributed by atoms with E-state index in [-0.39, 0.29) is 0 Å². The minimum atomic E-state index is 0.814. The number of ether oxygens (including phenoxy) is 1. The minimum absolute atomic E-state index is 0.814. The van der Waals surface area contributed by atoms with E-state index in [0.29, 0.717) is 0 Å². The van der Waals surface area contributed by atoms with Gasteiger partial charge >= 0.3 is 0 Å². The zero-order chi connectivity index (χ0) is 16.4. The molecule has 0 unspecified atom stereocenters. The normalized spacial score (nSPS) is 11.0. The molecule has 0 bridgehead atoms. The third-order valence-corrected chi connectivity index (χ3v) is 4.14. The van der Waals surface area contributed by atoms with Crippen LogP contribution in [0.5, 0.6) is 5.75 Å². The van der Waals surface area contributed by atoms with Crippen LogP contribution in [0.4, 0.5) is 5.82 Å². The predicted molar refractivity (Wildman–Crippen MR) is 96.6 cm³/mol. The third kappa shape index (κ3) is 2.65. The quantitative estimate of drug-likeness (QED) is 0.588. The monoisotopic (exact) mass is 318 g/mol. The first-order valence-electron chi connectivity index (χ1n) is 7.93. The number of rotatable bonds is 5. The van der Waals surface area contributed by atoms with Crippen LogP contribution in [0.1, 0.15) is 5.56 Å². The van der Waals surface area contributed by atoms with Crippen LogP contribution in [0.3, 0.4) is 0 Å². The summed E-state index contributed by atoms with van der Waals surface area (Å²) in [5, 5.41) is 4.45. The highest BCUT2D eigenvalue weighted by molar-refractivity contribution is 6.08. The number of aromatic nitrogens is 3. The summed E-state index contributed by atoms with van der Waals surface area (Å²) in [6.45, 7) is 0.814. The molecule has 120 valence electrons. The molecular weight excluding hydrogens is 300 g/mol. The summed E-state index contributed by atoms with van der Waals surface area (Å²) in [7, 11) is 1.67. The largest absolute Gasteiger partial charge is 0.497 e. The molecule has 0 saturated heterocycles. The van der Waals surface area contributed by atoms with E-state index in [1.807, 2.05) is 24.3 Å². The lowest BCUT2D eigenvalue weighted by Gasteiger charge is -2.06. The summed E-state index contributed by atoms with van der Waals surface area (Å²) in [4.78, 5) is 12.2. The molecule has 0 amide bonds.